The maximum atomic E-state index is 12.4. The molecular weight excluding hydrogens is 398 g/mol. The van der Waals surface area contributed by atoms with Gasteiger partial charge in [0.1, 0.15) is 0 Å². The fraction of sp³-hybridized carbons (Fsp3) is 0.368. The molecule has 0 aliphatic rings. The number of nitrogens with one attached hydrogen (secondary N) is 2. The summed E-state index contributed by atoms with van der Waals surface area (Å²) in [6.45, 7) is 2.62. The standard InChI is InChI=1S/C19H25N3O6S/c1-14(13-28-3)21-29(25,26)17-7-5-16(6-8-17)20-19(24)15-4-9-18(23)22(12-15)10-11-27-2/h4-9,12,14,21H,10-11,13H2,1-3H3,(H,20,24). The van der Waals surface area contributed by atoms with Crippen LogP contribution in [0.1, 0.15) is 17.3 Å². The molecule has 0 aliphatic heterocycles. The number of carbonyl (C=O) groups is 1. The number of anilines is 1. The molecular formula is C19H25N3O6S. The van der Waals surface area contributed by atoms with Gasteiger partial charge >= 0.3 is 0 Å². The number of ether oxygens (including phenoxy) is 2. The monoisotopic (exact) mass is 423 g/mol. The van der Waals surface area contributed by atoms with Gasteiger partial charge in [0.15, 0.2) is 0 Å². The lowest BCUT2D eigenvalue weighted by Crippen LogP contribution is -2.35. The van der Waals surface area contributed by atoms with Gasteiger partial charge in [0, 0.05) is 44.8 Å². The van der Waals surface area contributed by atoms with Crippen molar-refractivity contribution < 1.29 is 22.7 Å². The van der Waals surface area contributed by atoms with Crippen LogP contribution in [0.15, 0.2) is 52.3 Å². The molecule has 0 radical (unpaired) electrons. The summed E-state index contributed by atoms with van der Waals surface area (Å²) < 4.78 is 38.4. The number of hydrogen-bond donors (Lipinski definition) is 2. The van der Waals surface area contributed by atoms with Crippen molar-refractivity contribution >= 4 is 21.6 Å². The van der Waals surface area contributed by atoms with Crippen LogP contribution >= 0.6 is 0 Å². The molecule has 0 bridgehead atoms. The van der Waals surface area contributed by atoms with Gasteiger partial charge < -0.3 is 19.4 Å². The molecule has 0 spiro atoms. The topological polar surface area (TPSA) is 116 Å². The molecule has 1 aromatic carbocycles. The summed E-state index contributed by atoms with van der Waals surface area (Å²) in [5, 5.41) is 2.68. The van der Waals surface area contributed by atoms with Crippen LogP contribution in [0.25, 0.3) is 0 Å². The molecule has 1 unspecified atom stereocenters. The van der Waals surface area contributed by atoms with Gasteiger partial charge in [-0.05, 0) is 37.3 Å². The fourth-order valence-corrected chi connectivity index (χ4v) is 3.80. The summed E-state index contributed by atoms with van der Waals surface area (Å²) in [4.78, 5) is 24.3. The molecule has 0 aliphatic carbocycles. The van der Waals surface area contributed by atoms with Crippen molar-refractivity contribution in [2.45, 2.75) is 24.4 Å². The van der Waals surface area contributed by atoms with Crippen molar-refractivity contribution in [1.82, 2.24) is 9.29 Å². The first-order valence-electron chi connectivity index (χ1n) is 8.89. The Kier molecular flexibility index (Phi) is 8.09. The third-order valence-electron chi connectivity index (χ3n) is 3.98. The van der Waals surface area contributed by atoms with Crippen molar-refractivity contribution in [2.75, 3.05) is 32.8 Å². The van der Waals surface area contributed by atoms with Crippen LogP contribution in [0.3, 0.4) is 0 Å². The van der Waals surface area contributed by atoms with Gasteiger partial charge in [0.05, 0.1) is 23.7 Å². The first kappa shape index (κ1) is 22.8. The maximum absolute atomic E-state index is 12.4. The van der Waals surface area contributed by atoms with Crippen LogP contribution in [0.4, 0.5) is 5.69 Å². The van der Waals surface area contributed by atoms with E-state index in [-0.39, 0.29) is 23.1 Å². The summed E-state index contributed by atoms with van der Waals surface area (Å²) in [7, 11) is -0.672. The first-order chi connectivity index (χ1) is 13.8. The van der Waals surface area contributed by atoms with Crippen molar-refractivity contribution in [1.29, 1.82) is 0 Å². The highest BCUT2D eigenvalue weighted by Gasteiger charge is 2.17. The summed E-state index contributed by atoms with van der Waals surface area (Å²) in [5.74, 6) is -0.418. The predicted molar refractivity (Wildman–Crippen MR) is 109 cm³/mol. The Labute approximate surface area is 169 Å². The Morgan fingerprint density at radius 3 is 2.41 bits per heavy atom. The third kappa shape index (κ3) is 6.50. The number of methoxy groups -OCH3 is 2. The molecule has 0 saturated carbocycles. The molecule has 29 heavy (non-hydrogen) atoms. The zero-order valence-electron chi connectivity index (χ0n) is 16.5. The zero-order chi connectivity index (χ0) is 21.4. The lowest BCUT2D eigenvalue weighted by atomic mass is 10.2. The van der Waals surface area contributed by atoms with Crippen LogP contribution in [-0.4, -0.2) is 52.4 Å². The zero-order valence-corrected chi connectivity index (χ0v) is 17.4. The number of rotatable bonds is 10. The molecule has 0 saturated heterocycles. The minimum Gasteiger partial charge on any atom is -0.383 e. The quantitative estimate of drug-likeness (QED) is 0.590. The number of hydrogen-bond acceptors (Lipinski definition) is 6. The van der Waals surface area contributed by atoms with E-state index in [1.165, 1.54) is 61.4 Å². The lowest BCUT2D eigenvalue weighted by Gasteiger charge is -2.13. The van der Waals surface area contributed by atoms with E-state index in [1.54, 1.807) is 6.92 Å². The number of nitrogens with zero attached hydrogens (tertiary/aromatic N) is 1. The molecule has 9 nitrogen and oxygen atoms in total. The van der Waals surface area contributed by atoms with Gasteiger partial charge in [-0.25, -0.2) is 13.1 Å². The largest absolute Gasteiger partial charge is 0.383 e. The van der Waals surface area contributed by atoms with Gasteiger partial charge in [-0.1, -0.05) is 0 Å². The third-order valence-corrected chi connectivity index (χ3v) is 5.58. The SMILES string of the molecule is COCCn1cc(C(=O)Nc2ccc(S(=O)(=O)NC(C)COC)cc2)ccc1=O. The molecule has 0 fully saturated rings. The minimum atomic E-state index is -3.69. The molecule has 2 N–H and O–H groups in total. The summed E-state index contributed by atoms with van der Waals surface area (Å²) in [6, 6.07) is 8.16. The summed E-state index contributed by atoms with van der Waals surface area (Å²) >= 11 is 0. The summed E-state index contributed by atoms with van der Waals surface area (Å²) in [6.07, 6.45) is 1.45. The van der Waals surface area contributed by atoms with Gasteiger partial charge in [0.2, 0.25) is 10.0 Å². The molecule has 1 atom stereocenters. The average molecular weight is 423 g/mol. The van der Waals surface area contributed by atoms with E-state index in [1.807, 2.05) is 0 Å². The molecule has 2 rings (SSSR count). The van der Waals surface area contributed by atoms with Crippen molar-refractivity contribution in [3.8, 4) is 0 Å². The molecule has 1 heterocycles. The second-order valence-electron chi connectivity index (χ2n) is 6.40. The first-order valence-corrected chi connectivity index (χ1v) is 10.4. The normalized spacial score (nSPS) is 12.5. The number of amides is 1. The number of sulfonamides is 1. The Hall–Kier alpha value is -2.53. The number of pyridine rings is 1. The highest BCUT2D eigenvalue weighted by Crippen LogP contribution is 2.15. The molecule has 10 heteroatoms. The Bertz CT molecular complexity index is 986. The smallest absolute Gasteiger partial charge is 0.257 e. The molecule has 2 aromatic rings. The highest BCUT2D eigenvalue weighted by atomic mass is 32.2. The molecule has 158 valence electrons. The van der Waals surface area contributed by atoms with Crippen LogP contribution < -0.4 is 15.6 Å². The predicted octanol–water partition coefficient (Wildman–Crippen LogP) is 1.06. The highest BCUT2D eigenvalue weighted by molar-refractivity contribution is 7.89. The van der Waals surface area contributed by atoms with E-state index >= 15 is 0 Å². The Morgan fingerprint density at radius 2 is 1.79 bits per heavy atom. The second-order valence-corrected chi connectivity index (χ2v) is 8.11. The van der Waals surface area contributed by atoms with Gasteiger partial charge in [0.25, 0.3) is 11.5 Å². The molecule has 1 aromatic heterocycles. The van der Waals surface area contributed by atoms with Crippen LogP contribution in [-0.2, 0) is 26.0 Å². The van der Waals surface area contributed by atoms with Gasteiger partial charge in [-0.15, -0.1) is 0 Å². The fourth-order valence-electron chi connectivity index (χ4n) is 2.57. The van der Waals surface area contributed by atoms with E-state index in [0.29, 0.717) is 24.4 Å². The number of aromatic nitrogens is 1. The number of benzene rings is 1. The lowest BCUT2D eigenvalue weighted by molar-refractivity contribution is 0.102. The van der Waals surface area contributed by atoms with E-state index < -0.39 is 15.9 Å². The van der Waals surface area contributed by atoms with Crippen LogP contribution in [0.5, 0.6) is 0 Å². The van der Waals surface area contributed by atoms with E-state index in [2.05, 4.69) is 10.0 Å². The van der Waals surface area contributed by atoms with E-state index in [9.17, 15) is 18.0 Å². The Morgan fingerprint density at radius 1 is 1.10 bits per heavy atom. The Balaban J connectivity index is 2.09. The van der Waals surface area contributed by atoms with E-state index in [0.717, 1.165) is 0 Å². The van der Waals surface area contributed by atoms with E-state index in [4.69, 9.17) is 9.47 Å². The maximum Gasteiger partial charge on any atom is 0.257 e. The second kappa shape index (κ2) is 10.3. The van der Waals surface area contributed by atoms with Crippen molar-refractivity contribution in [3.63, 3.8) is 0 Å². The van der Waals surface area contributed by atoms with Gasteiger partial charge in [-0.3, -0.25) is 9.59 Å². The van der Waals surface area contributed by atoms with Crippen molar-refractivity contribution in [2.24, 2.45) is 0 Å². The minimum absolute atomic E-state index is 0.0755. The van der Waals surface area contributed by atoms with Crippen molar-refractivity contribution in [3.05, 3.63) is 58.5 Å². The summed E-state index contributed by atoms with van der Waals surface area (Å²) in [5.41, 5.74) is 0.490. The molecule has 1 amide bonds. The van der Waals surface area contributed by atoms with Crippen LogP contribution in [0, 0.1) is 0 Å². The van der Waals surface area contributed by atoms with Crippen LogP contribution in [0.2, 0.25) is 0 Å². The number of carbonyl (C=O) groups excluding carboxylic acids is 1. The van der Waals surface area contributed by atoms with Gasteiger partial charge in [-0.2, -0.15) is 0 Å². The average Bonchev–Trinajstić information content (AvgIpc) is 2.67.